The number of hydrogen-bond acceptors (Lipinski definition) is 10. The molecule has 0 aromatic carbocycles. The number of rotatable bonds is 58. The molecule has 0 aliphatic rings. The van der Waals surface area contributed by atoms with Gasteiger partial charge < -0.3 is 24.2 Å². The van der Waals surface area contributed by atoms with E-state index in [0.717, 1.165) is 64.2 Å². The average Bonchev–Trinajstić information content (AvgIpc) is 3.37. The van der Waals surface area contributed by atoms with Gasteiger partial charge >= 0.3 is 25.7 Å². The van der Waals surface area contributed by atoms with Crippen LogP contribution < -0.4 is 0 Å². The molecule has 0 saturated heterocycles. The van der Waals surface area contributed by atoms with Gasteiger partial charge in [-0.3, -0.25) is 23.4 Å². The summed E-state index contributed by atoms with van der Waals surface area (Å²) in [5, 5.41) is 9.82. The van der Waals surface area contributed by atoms with Gasteiger partial charge in [0.1, 0.15) is 12.7 Å². The van der Waals surface area contributed by atoms with Crippen molar-refractivity contribution in [2.24, 2.45) is 0 Å². The van der Waals surface area contributed by atoms with E-state index < -0.39 is 57.8 Å². The van der Waals surface area contributed by atoms with Crippen molar-refractivity contribution in [1.29, 1.82) is 0 Å². The first-order chi connectivity index (χ1) is 35.2. The fraction of sp³-hybridized carbons (Fsp3) is 0.917. The lowest BCUT2D eigenvalue weighted by molar-refractivity contribution is -0.161. The minimum atomic E-state index is -4.74. The molecule has 0 heterocycles. The quantitative estimate of drug-likeness (QED) is 0.0197. The van der Waals surface area contributed by atoms with Crippen molar-refractivity contribution in [3.63, 3.8) is 0 Å². The Balaban J connectivity index is 4.65. The Morgan fingerprint density at radius 3 is 0.958 bits per heavy atom. The molecule has 3 unspecified atom stereocenters. The van der Waals surface area contributed by atoms with E-state index in [0.29, 0.717) is 19.3 Å². The van der Waals surface area contributed by atoms with Crippen LogP contribution in [0.15, 0.2) is 12.2 Å². The summed E-state index contributed by atoms with van der Waals surface area (Å²) >= 11 is 0. The molecular weight excluding hydrogens is 928 g/mol. The van der Waals surface area contributed by atoms with Gasteiger partial charge in [-0.2, -0.15) is 0 Å². The standard InChI is InChI=1S/C60H115O11P/c1-4-7-10-13-16-19-22-25-27-28-30-33-36-39-42-45-48-51-60(64)71-57(53-67-58(62)49-46-43-40-37-34-31-24-21-18-15-12-9-6-3)55-69-72(65,66)68-54-56(52-61)70-59(63)50-47-44-41-38-35-32-29-26-23-20-17-14-11-8-5-2/h25,27,56-57,61H,4-24,26,28-55H2,1-3H3,(H,65,66)/b27-25-. The smallest absolute Gasteiger partial charge is 0.462 e. The van der Waals surface area contributed by atoms with Crippen LogP contribution in [0, 0.1) is 0 Å². The van der Waals surface area contributed by atoms with Gasteiger partial charge in [0.15, 0.2) is 6.10 Å². The molecule has 0 saturated carbocycles. The summed E-state index contributed by atoms with van der Waals surface area (Å²) in [6.07, 6.45) is 54.4. The van der Waals surface area contributed by atoms with Crippen LogP contribution in [0.5, 0.6) is 0 Å². The lowest BCUT2D eigenvalue weighted by Gasteiger charge is -2.21. The molecule has 0 aliphatic carbocycles. The highest BCUT2D eigenvalue weighted by atomic mass is 31.2. The summed E-state index contributed by atoms with van der Waals surface area (Å²) in [6, 6.07) is 0. The summed E-state index contributed by atoms with van der Waals surface area (Å²) in [5.74, 6) is -1.44. The molecule has 2 N–H and O–H groups in total. The number of phosphoric ester groups is 1. The number of ether oxygens (including phenoxy) is 3. The number of carbonyl (C=O) groups is 3. The molecule has 3 atom stereocenters. The highest BCUT2D eigenvalue weighted by Gasteiger charge is 2.28. The monoisotopic (exact) mass is 1040 g/mol. The van der Waals surface area contributed by atoms with Crippen LogP contribution in [0.4, 0.5) is 0 Å². The van der Waals surface area contributed by atoms with Crippen LogP contribution in [0.3, 0.4) is 0 Å². The van der Waals surface area contributed by atoms with Gasteiger partial charge in [0, 0.05) is 19.3 Å². The molecule has 0 aromatic heterocycles. The number of aliphatic hydroxyl groups is 1. The first-order valence-electron chi connectivity index (χ1n) is 30.6. The minimum Gasteiger partial charge on any atom is -0.462 e. The van der Waals surface area contributed by atoms with E-state index in [1.807, 2.05) is 0 Å². The Morgan fingerprint density at radius 2 is 0.639 bits per heavy atom. The number of hydrogen-bond donors (Lipinski definition) is 2. The zero-order chi connectivity index (χ0) is 52.7. The van der Waals surface area contributed by atoms with E-state index in [1.54, 1.807) is 0 Å². The molecule has 426 valence electrons. The maximum atomic E-state index is 12.9. The van der Waals surface area contributed by atoms with E-state index in [2.05, 4.69) is 32.9 Å². The van der Waals surface area contributed by atoms with Gasteiger partial charge in [0.25, 0.3) is 0 Å². The predicted octanol–water partition coefficient (Wildman–Crippen LogP) is 18.0. The molecule has 0 spiro atoms. The largest absolute Gasteiger partial charge is 0.472 e. The Morgan fingerprint density at radius 1 is 0.375 bits per heavy atom. The van der Waals surface area contributed by atoms with Crippen LogP contribution in [0.1, 0.15) is 316 Å². The van der Waals surface area contributed by atoms with E-state index in [1.165, 1.54) is 193 Å². The predicted molar refractivity (Wildman–Crippen MR) is 298 cm³/mol. The van der Waals surface area contributed by atoms with E-state index in [4.69, 9.17) is 23.3 Å². The fourth-order valence-electron chi connectivity index (χ4n) is 9.00. The third kappa shape index (κ3) is 53.1. The number of aliphatic hydroxyl groups excluding tert-OH is 1. The van der Waals surface area contributed by atoms with Crippen LogP contribution >= 0.6 is 7.82 Å². The second kappa shape index (κ2) is 55.5. The van der Waals surface area contributed by atoms with Crippen molar-refractivity contribution >= 4 is 25.7 Å². The number of esters is 3. The number of unbranched alkanes of at least 4 members (excludes halogenated alkanes) is 39. The Bertz CT molecular complexity index is 1260. The summed E-state index contributed by atoms with van der Waals surface area (Å²) in [4.78, 5) is 48.6. The zero-order valence-electron chi connectivity index (χ0n) is 47.2. The maximum absolute atomic E-state index is 12.9. The normalized spacial score (nSPS) is 13.3. The molecule has 12 heteroatoms. The van der Waals surface area contributed by atoms with Crippen molar-refractivity contribution in [2.75, 3.05) is 26.4 Å². The lowest BCUT2D eigenvalue weighted by Crippen LogP contribution is -2.30. The average molecular weight is 1040 g/mol. The molecule has 0 amide bonds. The highest BCUT2D eigenvalue weighted by Crippen LogP contribution is 2.43. The first kappa shape index (κ1) is 70.2. The van der Waals surface area contributed by atoms with Gasteiger partial charge in [-0.15, -0.1) is 0 Å². The van der Waals surface area contributed by atoms with Crippen LogP contribution in [-0.2, 0) is 42.2 Å². The topological polar surface area (TPSA) is 155 Å². The molecule has 0 rings (SSSR count). The summed E-state index contributed by atoms with van der Waals surface area (Å²) < 4.78 is 39.6. The molecule has 0 radical (unpaired) electrons. The molecule has 72 heavy (non-hydrogen) atoms. The van der Waals surface area contributed by atoms with Crippen molar-refractivity contribution in [1.82, 2.24) is 0 Å². The minimum absolute atomic E-state index is 0.170. The number of allylic oxidation sites excluding steroid dienone is 2. The summed E-state index contributed by atoms with van der Waals surface area (Å²) in [5.41, 5.74) is 0. The second-order valence-electron chi connectivity index (χ2n) is 20.9. The highest BCUT2D eigenvalue weighted by molar-refractivity contribution is 7.47. The van der Waals surface area contributed by atoms with E-state index in [-0.39, 0.29) is 25.9 Å². The first-order valence-corrected chi connectivity index (χ1v) is 32.1. The van der Waals surface area contributed by atoms with E-state index in [9.17, 15) is 28.9 Å². The van der Waals surface area contributed by atoms with Crippen molar-refractivity contribution in [3.8, 4) is 0 Å². The Hall–Kier alpha value is -1.78. The second-order valence-corrected chi connectivity index (χ2v) is 22.3. The maximum Gasteiger partial charge on any atom is 0.472 e. The molecule has 0 aromatic rings. The third-order valence-corrected chi connectivity index (χ3v) is 14.6. The van der Waals surface area contributed by atoms with Crippen molar-refractivity contribution in [2.45, 2.75) is 328 Å². The molecule has 0 fully saturated rings. The van der Waals surface area contributed by atoms with Gasteiger partial charge in [-0.25, -0.2) is 4.57 Å². The zero-order valence-corrected chi connectivity index (χ0v) is 48.1. The van der Waals surface area contributed by atoms with Crippen LogP contribution in [-0.4, -0.2) is 66.5 Å². The van der Waals surface area contributed by atoms with Crippen molar-refractivity contribution in [3.05, 3.63) is 12.2 Å². The molecule has 0 bridgehead atoms. The molecular formula is C60H115O11P. The molecule has 0 aliphatic heterocycles. The van der Waals surface area contributed by atoms with Crippen LogP contribution in [0.2, 0.25) is 0 Å². The molecule has 11 nitrogen and oxygen atoms in total. The van der Waals surface area contributed by atoms with Crippen molar-refractivity contribution < 1.29 is 52.2 Å². The lowest BCUT2D eigenvalue weighted by atomic mass is 10.0. The summed E-state index contributed by atoms with van der Waals surface area (Å²) in [7, 11) is -4.74. The van der Waals surface area contributed by atoms with Gasteiger partial charge in [0.2, 0.25) is 0 Å². The Kier molecular flexibility index (Phi) is 54.1. The Labute approximate surface area is 443 Å². The fourth-order valence-corrected chi connectivity index (χ4v) is 9.78. The number of phosphoric acid groups is 1. The van der Waals surface area contributed by atoms with Gasteiger partial charge in [0.05, 0.1) is 19.8 Å². The van der Waals surface area contributed by atoms with Crippen LogP contribution in [0.25, 0.3) is 0 Å². The number of carbonyl (C=O) groups excluding carboxylic acids is 3. The van der Waals surface area contributed by atoms with E-state index >= 15 is 0 Å². The SMILES string of the molecule is CCCCCCCC/C=C\CCCCCCCCCC(=O)OC(COC(=O)CCCCCCCCCCCCCCC)COP(=O)(O)OCC(CO)OC(=O)CCCCCCCCCCCCCCCCC. The van der Waals surface area contributed by atoms with Gasteiger partial charge in [-0.05, 0) is 44.9 Å². The summed E-state index contributed by atoms with van der Waals surface area (Å²) in [6.45, 7) is 4.71. The van der Waals surface area contributed by atoms with Gasteiger partial charge in [-0.1, -0.05) is 264 Å². The third-order valence-electron chi connectivity index (χ3n) is 13.7.